The molecule has 1 heterocycles. The van der Waals surface area contributed by atoms with Crippen molar-refractivity contribution in [2.45, 2.75) is 30.7 Å². The van der Waals surface area contributed by atoms with Crippen molar-refractivity contribution in [1.29, 1.82) is 0 Å². The van der Waals surface area contributed by atoms with Crippen LogP contribution in [0, 0.1) is 0 Å². The minimum atomic E-state index is 0. The highest BCUT2D eigenvalue weighted by Crippen LogP contribution is 2.47. The van der Waals surface area contributed by atoms with Crippen LogP contribution < -0.4 is 0 Å². The van der Waals surface area contributed by atoms with Crippen molar-refractivity contribution in [3.63, 3.8) is 0 Å². The zero-order valence-corrected chi connectivity index (χ0v) is 14.3. The van der Waals surface area contributed by atoms with Crippen molar-refractivity contribution in [3.05, 3.63) is 70.2 Å². The lowest BCUT2D eigenvalue weighted by Gasteiger charge is -2.37. The van der Waals surface area contributed by atoms with Gasteiger partial charge in [-0.05, 0) is 55.3 Å². The first-order chi connectivity index (χ1) is 10.2. The van der Waals surface area contributed by atoms with Crippen LogP contribution in [0.5, 0.6) is 0 Å². The van der Waals surface area contributed by atoms with Gasteiger partial charge in [0.1, 0.15) is 0 Å². The standard InChI is InChI=1S/C19H20ClN.ClH/c1-21-10-9-17-15-7-2-3-8-16(15)18(12-19(17)21)13-5-4-6-14(20)11-13;/h2-8,11,17-19H,9-10,12H2,1H3;1H/t17-,18-,19-;/m1./s1. The molecule has 2 aliphatic rings. The first-order valence-electron chi connectivity index (χ1n) is 7.78. The Morgan fingerprint density at radius 2 is 1.82 bits per heavy atom. The minimum absolute atomic E-state index is 0. The Bertz CT molecular complexity index is 670. The fraction of sp³-hybridized carbons (Fsp3) is 0.368. The highest BCUT2D eigenvalue weighted by Gasteiger charge is 2.40. The lowest BCUT2D eigenvalue weighted by atomic mass is 9.71. The number of hydrogen-bond acceptors (Lipinski definition) is 1. The molecule has 3 heteroatoms. The molecule has 0 aromatic heterocycles. The van der Waals surface area contributed by atoms with E-state index in [9.17, 15) is 0 Å². The van der Waals surface area contributed by atoms with Crippen LogP contribution in [0.2, 0.25) is 5.02 Å². The third-order valence-corrected chi connectivity index (χ3v) is 5.56. The van der Waals surface area contributed by atoms with Gasteiger partial charge in [-0.15, -0.1) is 12.4 Å². The Morgan fingerprint density at radius 1 is 1.05 bits per heavy atom. The van der Waals surface area contributed by atoms with Gasteiger partial charge in [0.05, 0.1) is 0 Å². The maximum Gasteiger partial charge on any atom is 0.0408 e. The molecule has 3 atom stereocenters. The summed E-state index contributed by atoms with van der Waals surface area (Å²) in [6.45, 7) is 1.21. The summed E-state index contributed by atoms with van der Waals surface area (Å²) >= 11 is 6.22. The highest BCUT2D eigenvalue weighted by atomic mass is 35.5. The number of benzene rings is 2. The van der Waals surface area contributed by atoms with Crippen LogP contribution in [-0.2, 0) is 0 Å². The van der Waals surface area contributed by atoms with Crippen LogP contribution >= 0.6 is 24.0 Å². The van der Waals surface area contributed by atoms with Gasteiger partial charge < -0.3 is 4.90 Å². The number of rotatable bonds is 1. The van der Waals surface area contributed by atoms with E-state index < -0.39 is 0 Å². The predicted molar refractivity (Wildman–Crippen MR) is 95.4 cm³/mol. The average Bonchev–Trinajstić information content (AvgIpc) is 2.88. The normalized spacial score (nSPS) is 26.9. The SMILES string of the molecule is CN1CC[C@@H]2c3ccccc3[C@@H](c3cccc(Cl)c3)C[C@H]21.Cl. The van der Waals surface area contributed by atoms with E-state index in [2.05, 4.69) is 54.4 Å². The van der Waals surface area contributed by atoms with E-state index in [1.165, 1.54) is 30.5 Å². The Balaban J connectivity index is 0.00000144. The molecule has 0 unspecified atom stereocenters. The summed E-state index contributed by atoms with van der Waals surface area (Å²) in [4.78, 5) is 2.54. The summed E-state index contributed by atoms with van der Waals surface area (Å²) < 4.78 is 0. The summed E-state index contributed by atoms with van der Waals surface area (Å²) in [5.41, 5.74) is 4.42. The molecule has 2 aromatic rings. The van der Waals surface area contributed by atoms with Crippen LogP contribution in [0.25, 0.3) is 0 Å². The summed E-state index contributed by atoms with van der Waals surface area (Å²) in [6, 6.07) is 18.1. The van der Waals surface area contributed by atoms with Gasteiger partial charge in [0.15, 0.2) is 0 Å². The number of halogens is 2. The molecule has 2 aromatic carbocycles. The van der Waals surface area contributed by atoms with E-state index >= 15 is 0 Å². The Labute approximate surface area is 143 Å². The van der Waals surface area contributed by atoms with E-state index in [1.807, 2.05) is 6.07 Å². The second-order valence-corrected chi connectivity index (χ2v) is 6.85. The van der Waals surface area contributed by atoms with Crippen LogP contribution in [0.1, 0.15) is 41.4 Å². The lowest BCUT2D eigenvalue weighted by Crippen LogP contribution is -2.34. The van der Waals surface area contributed by atoms with Gasteiger partial charge in [0.25, 0.3) is 0 Å². The summed E-state index contributed by atoms with van der Waals surface area (Å²) in [5, 5.41) is 0.840. The zero-order chi connectivity index (χ0) is 14.4. The molecule has 4 rings (SSSR count). The maximum atomic E-state index is 6.22. The Kier molecular flexibility index (Phi) is 4.49. The largest absolute Gasteiger partial charge is 0.303 e. The number of nitrogens with zero attached hydrogens (tertiary/aromatic N) is 1. The number of hydrogen-bond donors (Lipinski definition) is 0. The average molecular weight is 334 g/mol. The van der Waals surface area contributed by atoms with Gasteiger partial charge in [-0.25, -0.2) is 0 Å². The first-order valence-corrected chi connectivity index (χ1v) is 8.16. The molecule has 0 radical (unpaired) electrons. The molecule has 22 heavy (non-hydrogen) atoms. The molecule has 1 saturated heterocycles. The zero-order valence-electron chi connectivity index (χ0n) is 12.7. The molecule has 1 aliphatic carbocycles. The molecule has 0 amide bonds. The van der Waals surface area contributed by atoms with Crippen LogP contribution in [0.3, 0.4) is 0 Å². The molecular weight excluding hydrogens is 313 g/mol. The summed E-state index contributed by atoms with van der Waals surface area (Å²) in [7, 11) is 2.27. The van der Waals surface area contributed by atoms with Gasteiger partial charge in [0, 0.05) is 22.9 Å². The van der Waals surface area contributed by atoms with Gasteiger partial charge in [-0.1, -0.05) is 48.0 Å². The first kappa shape index (κ1) is 15.9. The molecule has 0 saturated carbocycles. The second-order valence-electron chi connectivity index (χ2n) is 6.42. The quantitative estimate of drug-likeness (QED) is 0.702. The van der Waals surface area contributed by atoms with E-state index in [0.717, 1.165) is 5.02 Å². The lowest BCUT2D eigenvalue weighted by molar-refractivity contribution is 0.265. The van der Waals surface area contributed by atoms with Crippen molar-refractivity contribution in [2.75, 3.05) is 13.6 Å². The Morgan fingerprint density at radius 3 is 2.59 bits per heavy atom. The molecule has 1 nitrogen and oxygen atoms in total. The predicted octanol–water partition coefficient (Wildman–Crippen LogP) is 5.09. The van der Waals surface area contributed by atoms with Gasteiger partial charge >= 0.3 is 0 Å². The molecule has 1 fully saturated rings. The van der Waals surface area contributed by atoms with Crippen molar-refractivity contribution in [2.24, 2.45) is 0 Å². The van der Waals surface area contributed by atoms with Gasteiger partial charge in [-0.3, -0.25) is 0 Å². The van der Waals surface area contributed by atoms with Crippen LogP contribution in [0.15, 0.2) is 48.5 Å². The molecule has 0 spiro atoms. The molecule has 0 bridgehead atoms. The van der Waals surface area contributed by atoms with Crippen LogP contribution in [0.4, 0.5) is 0 Å². The fourth-order valence-electron chi connectivity index (χ4n) is 4.29. The molecular formula is C19H21Cl2N. The van der Waals surface area contributed by atoms with Crippen molar-refractivity contribution < 1.29 is 0 Å². The third kappa shape index (κ3) is 2.56. The number of fused-ring (bicyclic) bond motifs is 3. The van der Waals surface area contributed by atoms with E-state index in [1.54, 1.807) is 5.56 Å². The molecule has 0 N–H and O–H groups in total. The third-order valence-electron chi connectivity index (χ3n) is 5.32. The maximum absolute atomic E-state index is 6.22. The fourth-order valence-corrected chi connectivity index (χ4v) is 4.49. The second kappa shape index (κ2) is 6.23. The Hall–Kier alpha value is -1.02. The number of likely N-dealkylation sites (N-methyl/N-ethyl adjacent to an activating group) is 1. The van der Waals surface area contributed by atoms with E-state index in [0.29, 0.717) is 17.9 Å². The summed E-state index contributed by atoms with van der Waals surface area (Å²) in [6.07, 6.45) is 2.50. The highest BCUT2D eigenvalue weighted by molar-refractivity contribution is 6.30. The topological polar surface area (TPSA) is 3.24 Å². The number of likely N-dealkylation sites (tertiary alicyclic amines) is 1. The van der Waals surface area contributed by atoms with Gasteiger partial charge in [0.2, 0.25) is 0 Å². The van der Waals surface area contributed by atoms with Crippen LogP contribution in [-0.4, -0.2) is 24.5 Å². The summed E-state index contributed by atoms with van der Waals surface area (Å²) in [5.74, 6) is 1.18. The van der Waals surface area contributed by atoms with Crippen molar-refractivity contribution in [3.8, 4) is 0 Å². The molecule has 116 valence electrons. The van der Waals surface area contributed by atoms with Crippen molar-refractivity contribution >= 4 is 24.0 Å². The smallest absolute Gasteiger partial charge is 0.0408 e. The van der Waals surface area contributed by atoms with Gasteiger partial charge in [-0.2, -0.15) is 0 Å². The monoisotopic (exact) mass is 333 g/mol. The minimum Gasteiger partial charge on any atom is -0.303 e. The van der Waals surface area contributed by atoms with E-state index in [4.69, 9.17) is 11.6 Å². The van der Waals surface area contributed by atoms with Crippen molar-refractivity contribution in [1.82, 2.24) is 4.90 Å². The van der Waals surface area contributed by atoms with E-state index in [-0.39, 0.29) is 12.4 Å². The molecule has 1 aliphatic heterocycles.